The van der Waals surface area contributed by atoms with E-state index in [0.29, 0.717) is 0 Å². The molecule has 0 aliphatic heterocycles. The minimum absolute atomic E-state index is 0.0145. The predicted octanol–water partition coefficient (Wildman–Crippen LogP) is 5.07. The molecular formula is C13H9Br2F. The maximum absolute atomic E-state index is 13.3. The van der Waals surface area contributed by atoms with Crippen LogP contribution in [0.25, 0.3) is 0 Å². The van der Waals surface area contributed by atoms with Gasteiger partial charge in [-0.2, -0.15) is 0 Å². The van der Waals surface area contributed by atoms with Crippen molar-refractivity contribution in [1.29, 1.82) is 0 Å². The molecule has 0 saturated carbocycles. The molecule has 0 aliphatic carbocycles. The largest absolute Gasteiger partial charge is 0.207 e. The second kappa shape index (κ2) is 5.11. The van der Waals surface area contributed by atoms with E-state index >= 15 is 0 Å². The Labute approximate surface area is 111 Å². The lowest BCUT2D eigenvalue weighted by atomic mass is 10.1. The fourth-order valence-corrected chi connectivity index (χ4v) is 2.59. The Bertz CT molecular complexity index is 462. The summed E-state index contributed by atoms with van der Waals surface area (Å²) in [6.45, 7) is 0. The van der Waals surface area contributed by atoms with Crippen LogP contribution in [-0.2, 0) is 0 Å². The molecule has 0 aliphatic rings. The smallest absolute Gasteiger partial charge is 0.124 e. The Hall–Kier alpha value is -0.670. The average Bonchev–Trinajstić information content (AvgIpc) is 2.28. The summed E-state index contributed by atoms with van der Waals surface area (Å²) < 4.78 is 14.0. The monoisotopic (exact) mass is 342 g/mol. The standard InChI is InChI=1S/C13H9Br2F/c14-11-6-10(7-12(16)8-11)13(15)9-4-2-1-3-5-9/h1-8,13H. The summed E-state index contributed by atoms with van der Waals surface area (Å²) in [5, 5.41) is 0. The van der Waals surface area contributed by atoms with Crippen molar-refractivity contribution < 1.29 is 4.39 Å². The molecule has 0 nitrogen and oxygen atoms in total. The zero-order chi connectivity index (χ0) is 11.5. The van der Waals surface area contributed by atoms with Crippen molar-refractivity contribution >= 4 is 31.9 Å². The van der Waals surface area contributed by atoms with Gasteiger partial charge in [-0.1, -0.05) is 62.2 Å². The maximum atomic E-state index is 13.3. The van der Waals surface area contributed by atoms with Crippen LogP contribution in [0.3, 0.4) is 0 Å². The normalized spacial score (nSPS) is 12.4. The van der Waals surface area contributed by atoms with Gasteiger partial charge in [0.05, 0.1) is 4.83 Å². The van der Waals surface area contributed by atoms with Gasteiger partial charge in [0.15, 0.2) is 0 Å². The maximum Gasteiger partial charge on any atom is 0.124 e. The highest BCUT2D eigenvalue weighted by Crippen LogP contribution is 2.32. The zero-order valence-corrected chi connectivity index (χ0v) is 11.5. The van der Waals surface area contributed by atoms with E-state index in [9.17, 15) is 4.39 Å². The van der Waals surface area contributed by atoms with Gasteiger partial charge in [0, 0.05) is 4.47 Å². The van der Waals surface area contributed by atoms with E-state index in [2.05, 4.69) is 31.9 Å². The Kier molecular flexibility index (Phi) is 3.77. The van der Waals surface area contributed by atoms with Crippen molar-refractivity contribution in [2.24, 2.45) is 0 Å². The van der Waals surface area contributed by atoms with Crippen molar-refractivity contribution in [3.63, 3.8) is 0 Å². The van der Waals surface area contributed by atoms with E-state index in [0.717, 1.165) is 15.6 Å². The van der Waals surface area contributed by atoms with Crippen LogP contribution >= 0.6 is 31.9 Å². The fourth-order valence-electron chi connectivity index (χ4n) is 1.54. The highest BCUT2D eigenvalue weighted by Gasteiger charge is 2.11. The summed E-state index contributed by atoms with van der Waals surface area (Å²) in [5.41, 5.74) is 2.01. The predicted molar refractivity (Wildman–Crippen MR) is 71.3 cm³/mol. The Balaban J connectivity index is 2.37. The molecule has 2 aromatic carbocycles. The van der Waals surface area contributed by atoms with Crippen molar-refractivity contribution in [3.8, 4) is 0 Å². The first-order valence-electron chi connectivity index (χ1n) is 4.82. The molecule has 0 radical (unpaired) electrons. The number of alkyl halides is 1. The van der Waals surface area contributed by atoms with Gasteiger partial charge in [-0.3, -0.25) is 0 Å². The van der Waals surface area contributed by atoms with Gasteiger partial charge in [-0.05, 0) is 29.3 Å². The summed E-state index contributed by atoms with van der Waals surface area (Å²) in [6, 6.07) is 14.8. The molecule has 2 aromatic rings. The van der Waals surface area contributed by atoms with Gasteiger partial charge in [0.25, 0.3) is 0 Å². The SMILES string of the molecule is Fc1cc(Br)cc(C(Br)c2ccccc2)c1. The van der Waals surface area contributed by atoms with Crippen molar-refractivity contribution in [3.05, 3.63) is 69.9 Å². The van der Waals surface area contributed by atoms with E-state index in [1.807, 2.05) is 36.4 Å². The molecule has 1 atom stereocenters. The van der Waals surface area contributed by atoms with Crippen molar-refractivity contribution in [2.45, 2.75) is 4.83 Å². The van der Waals surface area contributed by atoms with Crippen LogP contribution in [0, 0.1) is 5.82 Å². The highest BCUT2D eigenvalue weighted by atomic mass is 79.9. The summed E-state index contributed by atoms with van der Waals surface area (Å²) in [4.78, 5) is 0.0145. The minimum atomic E-state index is -0.232. The quantitative estimate of drug-likeness (QED) is 0.667. The number of hydrogen-bond acceptors (Lipinski definition) is 0. The molecule has 3 heteroatoms. The molecule has 0 amide bonds. The summed E-state index contributed by atoms with van der Waals surface area (Å²) in [7, 11) is 0. The Morgan fingerprint density at radius 1 is 0.938 bits per heavy atom. The van der Waals surface area contributed by atoms with Gasteiger partial charge in [0.2, 0.25) is 0 Å². The summed E-state index contributed by atoms with van der Waals surface area (Å²) >= 11 is 6.87. The van der Waals surface area contributed by atoms with E-state index in [-0.39, 0.29) is 10.6 Å². The second-order valence-electron chi connectivity index (χ2n) is 3.48. The first-order chi connectivity index (χ1) is 7.66. The number of halogens is 3. The van der Waals surface area contributed by atoms with Crippen LogP contribution in [0.4, 0.5) is 4.39 Å². The molecule has 82 valence electrons. The van der Waals surface area contributed by atoms with Gasteiger partial charge in [0.1, 0.15) is 5.82 Å². The van der Waals surface area contributed by atoms with Crippen molar-refractivity contribution in [2.75, 3.05) is 0 Å². The average molecular weight is 344 g/mol. The highest BCUT2D eigenvalue weighted by molar-refractivity contribution is 9.10. The van der Waals surface area contributed by atoms with Crippen LogP contribution in [-0.4, -0.2) is 0 Å². The molecular weight excluding hydrogens is 335 g/mol. The van der Waals surface area contributed by atoms with Gasteiger partial charge in [-0.15, -0.1) is 0 Å². The van der Waals surface area contributed by atoms with Crippen molar-refractivity contribution in [1.82, 2.24) is 0 Å². The van der Waals surface area contributed by atoms with Crippen LogP contribution in [0.2, 0.25) is 0 Å². The van der Waals surface area contributed by atoms with E-state index in [1.165, 1.54) is 12.1 Å². The van der Waals surface area contributed by atoms with Gasteiger partial charge >= 0.3 is 0 Å². The molecule has 16 heavy (non-hydrogen) atoms. The number of benzene rings is 2. The molecule has 0 aromatic heterocycles. The first kappa shape index (κ1) is 11.8. The van der Waals surface area contributed by atoms with Gasteiger partial charge < -0.3 is 0 Å². The second-order valence-corrected chi connectivity index (χ2v) is 5.31. The number of hydrogen-bond donors (Lipinski definition) is 0. The summed E-state index contributed by atoms with van der Waals surface area (Å²) in [5.74, 6) is -0.232. The van der Waals surface area contributed by atoms with Crippen LogP contribution in [0.1, 0.15) is 16.0 Å². The molecule has 2 rings (SSSR count). The van der Waals surface area contributed by atoms with Crippen LogP contribution < -0.4 is 0 Å². The Morgan fingerprint density at radius 3 is 2.25 bits per heavy atom. The lowest BCUT2D eigenvalue weighted by molar-refractivity contribution is 0.625. The molecule has 0 spiro atoms. The zero-order valence-electron chi connectivity index (χ0n) is 8.33. The lowest BCUT2D eigenvalue weighted by Gasteiger charge is -2.11. The van der Waals surface area contributed by atoms with Crippen LogP contribution in [0.5, 0.6) is 0 Å². The first-order valence-corrected chi connectivity index (χ1v) is 6.52. The van der Waals surface area contributed by atoms with E-state index < -0.39 is 0 Å². The van der Waals surface area contributed by atoms with Crippen LogP contribution in [0.15, 0.2) is 53.0 Å². The summed E-state index contributed by atoms with van der Waals surface area (Å²) in [6.07, 6.45) is 0. The minimum Gasteiger partial charge on any atom is -0.207 e. The molecule has 0 bridgehead atoms. The molecule has 0 saturated heterocycles. The van der Waals surface area contributed by atoms with E-state index in [1.54, 1.807) is 0 Å². The topological polar surface area (TPSA) is 0 Å². The third kappa shape index (κ3) is 2.71. The molecule has 0 heterocycles. The fraction of sp³-hybridized carbons (Fsp3) is 0.0769. The number of rotatable bonds is 2. The lowest BCUT2D eigenvalue weighted by Crippen LogP contribution is -1.93. The third-order valence-corrected chi connectivity index (χ3v) is 3.78. The molecule has 0 N–H and O–H groups in total. The molecule has 1 unspecified atom stereocenters. The third-order valence-electron chi connectivity index (χ3n) is 2.27. The van der Waals surface area contributed by atoms with Gasteiger partial charge in [-0.25, -0.2) is 4.39 Å². The Morgan fingerprint density at radius 2 is 1.62 bits per heavy atom. The van der Waals surface area contributed by atoms with E-state index in [4.69, 9.17) is 0 Å². The molecule has 0 fully saturated rings.